The molecule has 0 amide bonds. The minimum absolute atomic E-state index is 0.123. The first-order chi connectivity index (χ1) is 9.21. The Morgan fingerprint density at radius 1 is 1.26 bits per heavy atom. The van der Waals surface area contributed by atoms with E-state index in [1.807, 2.05) is 12.1 Å². The van der Waals surface area contributed by atoms with Gasteiger partial charge in [-0.1, -0.05) is 25.5 Å². The molecule has 1 aromatic rings. The molecule has 0 aliphatic heterocycles. The van der Waals surface area contributed by atoms with Gasteiger partial charge in [0.15, 0.2) is 0 Å². The van der Waals surface area contributed by atoms with Crippen LogP contribution in [0.2, 0.25) is 0 Å². The molecule has 108 valence electrons. The summed E-state index contributed by atoms with van der Waals surface area (Å²) in [4.78, 5) is 0. The molecule has 1 rings (SSSR count). The quantitative estimate of drug-likeness (QED) is 0.715. The lowest BCUT2D eigenvalue weighted by atomic mass is 10.1. The highest BCUT2D eigenvalue weighted by Gasteiger charge is 2.18. The molecule has 0 bridgehead atoms. The summed E-state index contributed by atoms with van der Waals surface area (Å²) < 4.78 is 10.7. The molecular weight excluding hydrogens is 242 g/mol. The van der Waals surface area contributed by atoms with Gasteiger partial charge in [-0.05, 0) is 30.5 Å². The fraction of sp³-hybridized carbons (Fsp3) is 0.600. The maximum absolute atomic E-state index is 9.29. The highest BCUT2D eigenvalue weighted by Crippen LogP contribution is 2.16. The van der Waals surface area contributed by atoms with E-state index < -0.39 is 6.10 Å². The van der Waals surface area contributed by atoms with Crippen molar-refractivity contribution in [3.05, 3.63) is 29.8 Å². The maximum atomic E-state index is 9.29. The number of benzene rings is 1. The standard InChI is InChI=1S/C15H25NO3/c1-3-4-5-12-6-8-13(9-7-12)19-15(10-17)14(16)11-18-2/h6-9,14-15,17H,3-5,10-11,16H2,1-2H3. The van der Waals surface area contributed by atoms with E-state index in [4.69, 9.17) is 15.2 Å². The Hall–Kier alpha value is -1.10. The van der Waals surface area contributed by atoms with Gasteiger partial charge >= 0.3 is 0 Å². The summed E-state index contributed by atoms with van der Waals surface area (Å²) in [6.45, 7) is 2.42. The fourth-order valence-corrected chi connectivity index (χ4v) is 1.85. The van der Waals surface area contributed by atoms with Gasteiger partial charge < -0.3 is 20.3 Å². The Kier molecular flexibility index (Phi) is 7.48. The van der Waals surface area contributed by atoms with E-state index in [0.717, 1.165) is 12.2 Å². The van der Waals surface area contributed by atoms with Gasteiger partial charge in [0.2, 0.25) is 0 Å². The van der Waals surface area contributed by atoms with Gasteiger partial charge in [-0.25, -0.2) is 0 Å². The topological polar surface area (TPSA) is 64.7 Å². The molecule has 0 saturated carbocycles. The van der Waals surface area contributed by atoms with Crippen molar-refractivity contribution in [3.8, 4) is 5.75 Å². The largest absolute Gasteiger partial charge is 0.486 e. The predicted octanol–water partition coefficient (Wildman–Crippen LogP) is 1.74. The van der Waals surface area contributed by atoms with Crippen LogP contribution < -0.4 is 10.5 Å². The summed E-state index contributed by atoms with van der Waals surface area (Å²) in [7, 11) is 1.58. The van der Waals surface area contributed by atoms with E-state index in [-0.39, 0.29) is 12.6 Å². The van der Waals surface area contributed by atoms with E-state index in [9.17, 15) is 5.11 Å². The molecule has 19 heavy (non-hydrogen) atoms. The monoisotopic (exact) mass is 267 g/mol. The number of ether oxygens (including phenoxy) is 2. The Labute approximate surface area is 115 Å². The minimum Gasteiger partial charge on any atom is -0.486 e. The maximum Gasteiger partial charge on any atom is 0.139 e. The average Bonchev–Trinajstić information content (AvgIpc) is 2.44. The van der Waals surface area contributed by atoms with E-state index in [1.54, 1.807) is 7.11 Å². The van der Waals surface area contributed by atoms with E-state index in [2.05, 4.69) is 19.1 Å². The van der Waals surface area contributed by atoms with Gasteiger partial charge in [-0.3, -0.25) is 0 Å². The number of hydrogen-bond donors (Lipinski definition) is 2. The average molecular weight is 267 g/mol. The summed E-state index contributed by atoms with van der Waals surface area (Å²) in [5.74, 6) is 0.728. The summed E-state index contributed by atoms with van der Waals surface area (Å²) in [6.07, 6.45) is 3.03. The second-order valence-electron chi connectivity index (χ2n) is 4.71. The molecule has 3 N–H and O–H groups in total. The third-order valence-corrected chi connectivity index (χ3v) is 3.05. The molecule has 4 heteroatoms. The van der Waals surface area contributed by atoms with Crippen molar-refractivity contribution in [3.63, 3.8) is 0 Å². The van der Waals surface area contributed by atoms with Gasteiger partial charge in [0.25, 0.3) is 0 Å². The molecular formula is C15H25NO3. The van der Waals surface area contributed by atoms with E-state index in [1.165, 1.54) is 18.4 Å². The third-order valence-electron chi connectivity index (χ3n) is 3.05. The molecule has 0 aliphatic rings. The van der Waals surface area contributed by atoms with Crippen LogP contribution in [0.15, 0.2) is 24.3 Å². The highest BCUT2D eigenvalue weighted by molar-refractivity contribution is 5.27. The van der Waals surface area contributed by atoms with Crippen LogP contribution in [0.3, 0.4) is 0 Å². The Morgan fingerprint density at radius 2 is 1.95 bits per heavy atom. The summed E-state index contributed by atoms with van der Waals surface area (Å²) in [6, 6.07) is 7.62. The number of aliphatic hydroxyl groups excluding tert-OH is 1. The van der Waals surface area contributed by atoms with E-state index >= 15 is 0 Å². The fourth-order valence-electron chi connectivity index (χ4n) is 1.85. The zero-order valence-corrected chi connectivity index (χ0v) is 11.8. The lowest BCUT2D eigenvalue weighted by Crippen LogP contribution is -2.44. The van der Waals surface area contributed by atoms with Crippen LogP contribution >= 0.6 is 0 Å². The molecule has 0 heterocycles. The van der Waals surface area contributed by atoms with Gasteiger partial charge in [0, 0.05) is 7.11 Å². The Balaban J connectivity index is 2.55. The SMILES string of the molecule is CCCCc1ccc(OC(CO)C(N)COC)cc1. The van der Waals surface area contributed by atoms with Gasteiger partial charge in [0.1, 0.15) is 11.9 Å². The van der Waals surface area contributed by atoms with Crippen LogP contribution in [0.5, 0.6) is 5.75 Å². The summed E-state index contributed by atoms with van der Waals surface area (Å²) >= 11 is 0. The summed E-state index contributed by atoms with van der Waals surface area (Å²) in [5.41, 5.74) is 7.17. The molecule has 0 aromatic heterocycles. The molecule has 2 unspecified atom stereocenters. The Morgan fingerprint density at radius 3 is 2.47 bits per heavy atom. The van der Waals surface area contributed by atoms with Crippen molar-refractivity contribution in [1.82, 2.24) is 0 Å². The van der Waals surface area contributed by atoms with Crippen LogP contribution in [0.25, 0.3) is 0 Å². The number of rotatable bonds is 9. The van der Waals surface area contributed by atoms with Crippen LogP contribution in [-0.4, -0.2) is 37.6 Å². The predicted molar refractivity (Wildman–Crippen MR) is 76.4 cm³/mol. The van der Waals surface area contributed by atoms with Gasteiger partial charge in [-0.2, -0.15) is 0 Å². The molecule has 2 atom stereocenters. The van der Waals surface area contributed by atoms with Crippen molar-refractivity contribution in [2.75, 3.05) is 20.3 Å². The first-order valence-electron chi connectivity index (χ1n) is 6.82. The molecule has 0 spiro atoms. The summed E-state index contributed by atoms with van der Waals surface area (Å²) in [5, 5.41) is 9.29. The van der Waals surface area contributed by atoms with Crippen LogP contribution in [0.4, 0.5) is 0 Å². The van der Waals surface area contributed by atoms with E-state index in [0.29, 0.717) is 6.61 Å². The number of methoxy groups -OCH3 is 1. The molecule has 0 fully saturated rings. The van der Waals surface area contributed by atoms with Gasteiger partial charge in [-0.15, -0.1) is 0 Å². The van der Waals surface area contributed by atoms with Crippen LogP contribution in [0.1, 0.15) is 25.3 Å². The molecule has 0 radical (unpaired) electrons. The van der Waals surface area contributed by atoms with Gasteiger partial charge in [0.05, 0.1) is 19.3 Å². The second kappa shape index (κ2) is 8.91. The number of aryl methyl sites for hydroxylation is 1. The zero-order valence-electron chi connectivity index (χ0n) is 11.8. The van der Waals surface area contributed by atoms with Crippen molar-refractivity contribution in [1.29, 1.82) is 0 Å². The normalized spacial score (nSPS) is 14.1. The van der Waals surface area contributed by atoms with Crippen molar-refractivity contribution in [2.45, 2.75) is 38.3 Å². The first-order valence-corrected chi connectivity index (χ1v) is 6.82. The number of hydrogen-bond acceptors (Lipinski definition) is 4. The number of nitrogens with two attached hydrogens (primary N) is 1. The Bertz CT molecular complexity index is 340. The second-order valence-corrected chi connectivity index (χ2v) is 4.71. The molecule has 0 saturated heterocycles. The number of unbranched alkanes of at least 4 members (excludes halogenated alkanes) is 1. The molecule has 4 nitrogen and oxygen atoms in total. The van der Waals surface area contributed by atoms with Crippen LogP contribution in [-0.2, 0) is 11.2 Å². The van der Waals surface area contributed by atoms with Crippen molar-refractivity contribution < 1.29 is 14.6 Å². The molecule has 0 aliphatic carbocycles. The first kappa shape index (κ1) is 16.0. The zero-order chi connectivity index (χ0) is 14.1. The van der Waals surface area contributed by atoms with Crippen molar-refractivity contribution >= 4 is 0 Å². The lowest BCUT2D eigenvalue weighted by Gasteiger charge is -2.22. The lowest BCUT2D eigenvalue weighted by molar-refractivity contribution is 0.0605. The van der Waals surface area contributed by atoms with Crippen LogP contribution in [0, 0.1) is 0 Å². The minimum atomic E-state index is -0.443. The molecule has 1 aromatic carbocycles. The van der Waals surface area contributed by atoms with Crippen molar-refractivity contribution in [2.24, 2.45) is 5.73 Å². The number of aliphatic hydroxyl groups is 1. The highest BCUT2D eigenvalue weighted by atomic mass is 16.5. The third kappa shape index (κ3) is 5.59. The smallest absolute Gasteiger partial charge is 0.139 e.